The summed E-state index contributed by atoms with van der Waals surface area (Å²) in [5.41, 5.74) is 13.7. The topological polar surface area (TPSA) is 106 Å². The molecular formula is C22H18BrN7OS. The third kappa shape index (κ3) is 3.84. The highest BCUT2D eigenvalue weighted by molar-refractivity contribution is 9.10. The Morgan fingerprint density at radius 3 is 2.94 bits per heavy atom. The monoisotopic (exact) mass is 507 g/mol. The lowest BCUT2D eigenvalue weighted by molar-refractivity contribution is 0.406. The molecule has 3 aromatic carbocycles. The highest BCUT2D eigenvalue weighted by Crippen LogP contribution is 2.43. The van der Waals surface area contributed by atoms with Crippen molar-refractivity contribution in [3.05, 3.63) is 73.8 Å². The van der Waals surface area contributed by atoms with E-state index >= 15 is 0 Å². The number of aromatic nitrogens is 2. The number of benzene rings is 3. The van der Waals surface area contributed by atoms with Crippen LogP contribution >= 0.6 is 28.1 Å². The Morgan fingerprint density at radius 2 is 2.12 bits per heavy atom. The minimum absolute atomic E-state index is 0.185. The smallest absolute Gasteiger partial charge is 0.314 e. The van der Waals surface area contributed by atoms with Crippen molar-refractivity contribution in [3.63, 3.8) is 0 Å². The summed E-state index contributed by atoms with van der Waals surface area (Å²) >= 11 is 8.76. The molecular weight excluding hydrogens is 490 g/mol. The molecule has 0 unspecified atom stereocenters. The van der Waals surface area contributed by atoms with Crippen LogP contribution in [0.5, 0.6) is 0 Å². The van der Waals surface area contributed by atoms with E-state index in [0.29, 0.717) is 12.4 Å². The molecule has 160 valence electrons. The fourth-order valence-corrected chi connectivity index (χ4v) is 4.72. The number of hydrogen-bond donors (Lipinski definition) is 2. The third-order valence-electron chi connectivity index (χ3n) is 5.47. The lowest BCUT2D eigenvalue weighted by atomic mass is 10.0. The Kier molecular flexibility index (Phi) is 5.57. The van der Waals surface area contributed by atoms with Crippen molar-refractivity contribution in [2.75, 3.05) is 23.3 Å². The fourth-order valence-electron chi connectivity index (χ4n) is 4.04. The van der Waals surface area contributed by atoms with Gasteiger partial charge in [0.1, 0.15) is 0 Å². The van der Waals surface area contributed by atoms with Gasteiger partial charge >= 0.3 is 4.84 Å². The standard InChI is InChI=1S/C22H18BrN7OS/c23-18-11-19-20(16-6-5-13(9-17(16)18)12-26-29-24)25-7-2-8-30(19)15-4-1-3-14(10-15)21-27-22(32)31-28-21/h1,3-6,9-11,25H,2,7-8,12H2,(H,27,28,32). The Morgan fingerprint density at radius 1 is 1.22 bits per heavy atom. The number of fused-ring (bicyclic) bond motifs is 3. The largest absolute Gasteiger partial charge is 0.383 e. The van der Waals surface area contributed by atoms with Crippen LogP contribution in [0, 0.1) is 4.84 Å². The average molecular weight is 508 g/mol. The number of hydrogen-bond acceptors (Lipinski definition) is 6. The van der Waals surface area contributed by atoms with E-state index in [1.807, 2.05) is 18.2 Å². The molecule has 32 heavy (non-hydrogen) atoms. The van der Waals surface area contributed by atoms with E-state index in [-0.39, 0.29) is 4.84 Å². The van der Waals surface area contributed by atoms with Gasteiger partial charge in [-0.3, -0.25) is 0 Å². The fraction of sp³-hybridized carbons (Fsp3) is 0.182. The van der Waals surface area contributed by atoms with Crippen LogP contribution in [-0.2, 0) is 6.54 Å². The zero-order valence-corrected chi connectivity index (χ0v) is 19.3. The second-order valence-electron chi connectivity index (χ2n) is 7.43. The molecule has 0 saturated carbocycles. The van der Waals surface area contributed by atoms with Crippen molar-refractivity contribution in [1.82, 2.24) is 10.1 Å². The summed E-state index contributed by atoms with van der Waals surface area (Å²) in [6.45, 7) is 2.06. The predicted octanol–water partition coefficient (Wildman–Crippen LogP) is 7.08. The maximum absolute atomic E-state index is 8.63. The molecule has 0 spiro atoms. The summed E-state index contributed by atoms with van der Waals surface area (Å²) in [6, 6.07) is 16.5. The van der Waals surface area contributed by atoms with Crippen LogP contribution in [0.2, 0.25) is 0 Å². The number of azide groups is 1. The van der Waals surface area contributed by atoms with Crippen molar-refractivity contribution < 1.29 is 4.52 Å². The molecule has 10 heteroatoms. The number of aromatic amines is 1. The first-order chi connectivity index (χ1) is 15.6. The van der Waals surface area contributed by atoms with Crippen molar-refractivity contribution >= 4 is 56.0 Å². The molecule has 4 aromatic rings. The highest BCUT2D eigenvalue weighted by Gasteiger charge is 2.21. The van der Waals surface area contributed by atoms with Crippen LogP contribution in [0.3, 0.4) is 0 Å². The number of anilines is 3. The number of halogens is 1. The van der Waals surface area contributed by atoms with Crippen molar-refractivity contribution in [2.24, 2.45) is 5.11 Å². The average Bonchev–Trinajstić information content (AvgIpc) is 3.14. The molecule has 0 aliphatic carbocycles. The first-order valence-electron chi connectivity index (χ1n) is 10.1. The van der Waals surface area contributed by atoms with E-state index in [2.05, 4.69) is 76.6 Å². The summed E-state index contributed by atoms with van der Waals surface area (Å²) in [5, 5.41) is 12.3. The Hall–Kier alpha value is -3.33. The Labute approximate surface area is 197 Å². The van der Waals surface area contributed by atoms with Gasteiger partial charge in [0, 0.05) is 39.1 Å². The zero-order chi connectivity index (χ0) is 22.1. The quantitative estimate of drug-likeness (QED) is 0.133. The lowest BCUT2D eigenvalue weighted by Gasteiger charge is -2.26. The van der Waals surface area contributed by atoms with E-state index in [1.54, 1.807) is 0 Å². The van der Waals surface area contributed by atoms with Crippen LogP contribution in [0.4, 0.5) is 17.1 Å². The molecule has 2 heterocycles. The van der Waals surface area contributed by atoms with Crippen LogP contribution in [0.1, 0.15) is 12.0 Å². The second-order valence-corrected chi connectivity index (χ2v) is 8.64. The highest BCUT2D eigenvalue weighted by atomic mass is 79.9. The first kappa shape index (κ1) is 20.6. The number of nitrogens with one attached hydrogen (secondary N) is 2. The molecule has 1 aromatic heterocycles. The Bertz CT molecular complexity index is 1420. The summed E-state index contributed by atoms with van der Waals surface area (Å²) in [7, 11) is 0. The molecule has 0 atom stereocenters. The molecule has 0 saturated heterocycles. The van der Waals surface area contributed by atoms with Gasteiger partial charge in [-0.05, 0) is 59.4 Å². The van der Waals surface area contributed by atoms with Crippen molar-refractivity contribution in [1.29, 1.82) is 0 Å². The molecule has 5 rings (SSSR count). The van der Waals surface area contributed by atoms with Gasteiger partial charge in [0.25, 0.3) is 0 Å². The predicted molar refractivity (Wildman–Crippen MR) is 132 cm³/mol. The lowest BCUT2D eigenvalue weighted by Crippen LogP contribution is -2.17. The van der Waals surface area contributed by atoms with Gasteiger partial charge in [0.15, 0.2) is 5.82 Å². The number of rotatable bonds is 4. The zero-order valence-electron chi connectivity index (χ0n) is 16.9. The van der Waals surface area contributed by atoms with Gasteiger partial charge in [0.2, 0.25) is 0 Å². The van der Waals surface area contributed by atoms with Gasteiger partial charge in [-0.25, -0.2) is 5.16 Å². The van der Waals surface area contributed by atoms with Gasteiger partial charge < -0.3 is 14.7 Å². The van der Waals surface area contributed by atoms with E-state index in [1.165, 1.54) is 0 Å². The minimum atomic E-state index is 0.185. The third-order valence-corrected chi connectivity index (χ3v) is 6.30. The summed E-state index contributed by atoms with van der Waals surface area (Å²) in [4.78, 5) is 9.60. The van der Waals surface area contributed by atoms with Gasteiger partial charge in [-0.2, -0.15) is 4.98 Å². The van der Waals surface area contributed by atoms with Crippen molar-refractivity contribution in [3.8, 4) is 11.4 Å². The maximum atomic E-state index is 8.63. The Balaban J connectivity index is 1.63. The number of nitrogens with zero attached hydrogens (tertiary/aromatic N) is 5. The van der Waals surface area contributed by atoms with E-state index in [9.17, 15) is 0 Å². The molecule has 0 amide bonds. The molecule has 0 bridgehead atoms. The van der Waals surface area contributed by atoms with Crippen LogP contribution in [0.25, 0.3) is 32.6 Å². The molecule has 0 fully saturated rings. The normalized spacial score (nSPS) is 13.2. The van der Waals surface area contributed by atoms with Crippen LogP contribution in [-0.4, -0.2) is 23.2 Å². The van der Waals surface area contributed by atoms with Crippen molar-refractivity contribution in [2.45, 2.75) is 13.0 Å². The number of H-pyrrole nitrogens is 1. The minimum Gasteiger partial charge on any atom is -0.383 e. The molecule has 1 aliphatic rings. The molecule has 8 nitrogen and oxygen atoms in total. The summed E-state index contributed by atoms with van der Waals surface area (Å²) in [6.07, 6.45) is 0.985. The summed E-state index contributed by atoms with van der Waals surface area (Å²) in [5.74, 6) is 0.609. The van der Waals surface area contributed by atoms with Crippen LogP contribution < -0.4 is 10.2 Å². The van der Waals surface area contributed by atoms with Gasteiger partial charge in [-0.1, -0.05) is 45.3 Å². The SMILES string of the molecule is [N-]=[N+]=NCc1ccc2c3c(cc(Br)c2c1)N(c1cccc(-c2nc(=S)o[nH]2)c1)CCCN3. The van der Waals surface area contributed by atoms with Gasteiger partial charge in [0.05, 0.1) is 17.9 Å². The van der Waals surface area contributed by atoms with E-state index in [0.717, 1.165) is 62.9 Å². The molecule has 1 aliphatic heterocycles. The molecule has 0 radical (unpaired) electrons. The van der Waals surface area contributed by atoms with E-state index in [4.69, 9.17) is 22.3 Å². The first-order valence-corrected chi connectivity index (χ1v) is 11.3. The maximum Gasteiger partial charge on any atom is 0.314 e. The van der Waals surface area contributed by atoms with E-state index < -0.39 is 0 Å². The second kappa shape index (κ2) is 8.66. The van der Waals surface area contributed by atoms with Crippen LogP contribution in [0.15, 0.2) is 62.6 Å². The molecule has 2 N–H and O–H groups in total. The van der Waals surface area contributed by atoms with Gasteiger partial charge in [-0.15, -0.1) is 0 Å². The summed E-state index contributed by atoms with van der Waals surface area (Å²) < 4.78 is 6.09.